The highest BCUT2D eigenvalue weighted by atomic mass is 79.9. The van der Waals surface area contributed by atoms with Crippen molar-refractivity contribution in [3.05, 3.63) is 28.2 Å². The molecule has 90 valence electrons. The third-order valence-corrected chi connectivity index (χ3v) is 2.53. The van der Waals surface area contributed by atoms with Crippen molar-refractivity contribution < 1.29 is 17.9 Å². The van der Waals surface area contributed by atoms with Crippen molar-refractivity contribution in [3.63, 3.8) is 0 Å². The SMILES string of the molecule is CCC(N)c1cc(Br)ccc1OC(F)(F)F. The summed E-state index contributed by atoms with van der Waals surface area (Å²) in [6.07, 6.45) is -4.17. The molecular weight excluding hydrogens is 287 g/mol. The van der Waals surface area contributed by atoms with Gasteiger partial charge in [0.05, 0.1) is 0 Å². The van der Waals surface area contributed by atoms with E-state index in [1.165, 1.54) is 18.2 Å². The van der Waals surface area contributed by atoms with Gasteiger partial charge in [-0.25, -0.2) is 0 Å². The normalized spacial score (nSPS) is 13.6. The fraction of sp³-hybridized carbons (Fsp3) is 0.400. The maximum absolute atomic E-state index is 12.1. The first-order chi connectivity index (χ1) is 7.33. The van der Waals surface area contributed by atoms with Gasteiger partial charge in [-0.1, -0.05) is 22.9 Å². The third-order valence-electron chi connectivity index (χ3n) is 2.04. The van der Waals surface area contributed by atoms with Crippen LogP contribution in [0.3, 0.4) is 0 Å². The van der Waals surface area contributed by atoms with E-state index in [0.29, 0.717) is 16.5 Å². The van der Waals surface area contributed by atoms with Gasteiger partial charge in [-0.15, -0.1) is 13.2 Å². The van der Waals surface area contributed by atoms with Gasteiger partial charge < -0.3 is 10.5 Å². The number of halogens is 4. The first-order valence-corrected chi connectivity index (χ1v) is 5.43. The van der Waals surface area contributed by atoms with Gasteiger partial charge in [0, 0.05) is 16.1 Å². The zero-order valence-electron chi connectivity index (χ0n) is 8.51. The largest absolute Gasteiger partial charge is 0.573 e. The van der Waals surface area contributed by atoms with Crippen LogP contribution < -0.4 is 10.5 Å². The van der Waals surface area contributed by atoms with Crippen LogP contribution in [-0.2, 0) is 0 Å². The van der Waals surface area contributed by atoms with Gasteiger partial charge in [0.25, 0.3) is 0 Å². The Morgan fingerprint density at radius 2 is 2.06 bits per heavy atom. The van der Waals surface area contributed by atoms with E-state index >= 15 is 0 Å². The lowest BCUT2D eigenvalue weighted by Gasteiger charge is -2.17. The Bertz CT molecular complexity index is 368. The molecule has 0 saturated heterocycles. The second-order valence-corrected chi connectivity index (χ2v) is 4.16. The highest BCUT2D eigenvalue weighted by Gasteiger charge is 2.32. The first-order valence-electron chi connectivity index (χ1n) is 4.64. The Balaban J connectivity index is 3.07. The molecule has 0 aliphatic carbocycles. The fourth-order valence-electron chi connectivity index (χ4n) is 1.25. The molecule has 6 heteroatoms. The highest BCUT2D eigenvalue weighted by molar-refractivity contribution is 9.10. The summed E-state index contributed by atoms with van der Waals surface area (Å²) in [6.45, 7) is 1.79. The summed E-state index contributed by atoms with van der Waals surface area (Å²) in [5.74, 6) is -0.245. The standard InChI is InChI=1S/C10H11BrF3NO/c1-2-8(15)7-5-6(11)3-4-9(7)16-10(12,13)14/h3-5,8H,2,15H2,1H3. The number of hydrogen-bond acceptors (Lipinski definition) is 2. The quantitative estimate of drug-likeness (QED) is 0.922. The number of nitrogens with two attached hydrogens (primary N) is 1. The Labute approximate surface area is 99.7 Å². The van der Waals surface area contributed by atoms with Crippen LogP contribution in [0.2, 0.25) is 0 Å². The summed E-state index contributed by atoms with van der Waals surface area (Å²) in [7, 11) is 0. The summed E-state index contributed by atoms with van der Waals surface area (Å²) in [5, 5.41) is 0. The van der Waals surface area contributed by atoms with Crippen LogP contribution in [0.15, 0.2) is 22.7 Å². The number of hydrogen-bond donors (Lipinski definition) is 1. The maximum atomic E-state index is 12.1. The summed E-state index contributed by atoms with van der Waals surface area (Å²) >= 11 is 3.18. The van der Waals surface area contributed by atoms with Gasteiger partial charge in [0.2, 0.25) is 0 Å². The van der Waals surface area contributed by atoms with E-state index in [1.54, 1.807) is 6.92 Å². The van der Waals surface area contributed by atoms with E-state index in [9.17, 15) is 13.2 Å². The minimum Gasteiger partial charge on any atom is -0.405 e. The van der Waals surface area contributed by atoms with Crippen LogP contribution in [0, 0.1) is 0 Å². The van der Waals surface area contributed by atoms with Crippen LogP contribution in [0.4, 0.5) is 13.2 Å². The molecule has 1 aromatic rings. The first kappa shape index (κ1) is 13.3. The van der Waals surface area contributed by atoms with Gasteiger partial charge in [-0.2, -0.15) is 0 Å². The zero-order valence-corrected chi connectivity index (χ0v) is 10.1. The van der Waals surface area contributed by atoms with Gasteiger partial charge in [-0.3, -0.25) is 0 Å². The van der Waals surface area contributed by atoms with E-state index in [1.807, 2.05) is 0 Å². The zero-order chi connectivity index (χ0) is 12.3. The molecule has 0 aromatic heterocycles. The van der Waals surface area contributed by atoms with Gasteiger partial charge in [0.15, 0.2) is 0 Å². The van der Waals surface area contributed by atoms with Crippen molar-refractivity contribution in [2.75, 3.05) is 0 Å². The van der Waals surface area contributed by atoms with Crippen molar-refractivity contribution in [2.45, 2.75) is 25.7 Å². The van der Waals surface area contributed by atoms with Crippen LogP contribution in [-0.4, -0.2) is 6.36 Å². The summed E-state index contributed by atoms with van der Waals surface area (Å²) in [4.78, 5) is 0. The summed E-state index contributed by atoms with van der Waals surface area (Å²) in [6, 6.07) is 3.79. The molecule has 2 N–H and O–H groups in total. The van der Waals surface area contributed by atoms with E-state index < -0.39 is 12.4 Å². The predicted octanol–water partition coefficient (Wildman–Crippen LogP) is 3.76. The lowest BCUT2D eigenvalue weighted by atomic mass is 10.0. The highest BCUT2D eigenvalue weighted by Crippen LogP contribution is 2.32. The molecule has 0 spiro atoms. The van der Waals surface area contributed by atoms with Crippen molar-refractivity contribution in [1.29, 1.82) is 0 Å². The van der Waals surface area contributed by atoms with Crippen LogP contribution >= 0.6 is 15.9 Å². The van der Waals surface area contributed by atoms with Crippen molar-refractivity contribution >= 4 is 15.9 Å². The van der Waals surface area contributed by atoms with Crippen LogP contribution in [0.1, 0.15) is 24.9 Å². The second-order valence-electron chi connectivity index (χ2n) is 3.24. The molecule has 0 fully saturated rings. The maximum Gasteiger partial charge on any atom is 0.573 e. The monoisotopic (exact) mass is 297 g/mol. The Morgan fingerprint density at radius 3 is 2.56 bits per heavy atom. The minimum atomic E-state index is -4.70. The van der Waals surface area contributed by atoms with E-state index in [-0.39, 0.29) is 5.75 Å². The molecule has 0 amide bonds. The van der Waals surface area contributed by atoms with Crippen molar-refractivity contribution in [3.8, 4) is 5.75 Å². The van der Waals surface area contributed by atoms with Crippen molar-refractivity contribution in [2.24, 2.45) is 5.73 Å². The Hall–Kier alpha value is -0.750. The summed E-state index contributed by atoms with van der Waals surface area (Å²) < 4.78 is 40.9. The van der Waals surface area contributed by atoms with E-state index in [4.69, 9.17) is 5.73 Å². The van der Waals surface area contributed by atoms with Gasteiger partial charge in [0.1, 0.15) is 5.75 Å². The molecule has 2 nitrogen and oxygen atoms in total. The smallest absolute Gasteiger partial charge is 0.405 e. The molecule has 1 rings (SSSR count). The topological polar surface area (TPSA) is 35.2 Å². The molecule has 0 aliphatic rings. The van der Waals surface area contributed by atoms with E-state index in [0.717, 1.165) is 0 Å². The number of benzene rings is 1. The van der Waals surface area contributed by atoms with E-state index in [2.05, 4.69) is 20.7 Å². The number of alkyl halides is 3. The van der Waals surface area contributed by atoms with Gasteiger partial charge in [-0.05, 0) is 24.6 Å². The van der Waals surface area contributed by atoms with Gasteiger partial charge >= 0.3 is 6.36 Å². The molecule has 0 radical (unpaired) electrons. The van der Waals surface area contributed by atoms with Crippen LogP contribution in [0.25, 0.3) is 0 Å². The average Bonchev–Trinajstić information content (AvgIpc) is 2.17. The molecule has 0 saturated carbocycles. The molecular formula is C10H11BrF3NO. The fourth-order valence-corrected chi connectivity index (χ4v) is 1.63. The van der Waals surface area contributed by atoms with Crippen molar-refractivity contribution in [1.82, 2.24) is 0 Å². The Morgan fingerprint density at radius 1 is 1.44 bits per heavy atom. The Kier molecular flexibility index (Phi) is 4.21. The number of rotatable bonds is 3. The minimum absolute atomic E-state index is 0.245. The lowest BCUT2D eigenvalue weighted by molar-refractivity contribution is -0.275. The average molecular weight is 298 g/mol. The van der Waals surface area contributed by atoms with Crippen LogP contribution in [0.5, 0.6) is 5.75 Å². The molecule has 0 bridgehead atoms. The summed E-state index contributed by atoms with van der Waals surface area (Å²) in [5.41, 5.74) is 6.06. The molecule has 1 atom stereocenters. The lowest BCUT2D eigenvalue weighted by Crippen LogP contribution is -2.20. The number of ether oxygens (including phenoxy) is 1. The third kappa shape index (κ3) is 3.68. The molecule has 16 heavy (non-hydrogen) atoms. The molecule has 0 aliphatic heterocycles. The molecule has 1 aromatic carbocycles. The molecule has 1 unspecified atom stereocenters. The predicted molar refractivity (Wildman–Crippen MR) is 58.0 cm³/mol. The second kappa shape index (κ2) is 5.05. The molecule has 0 heterocycles.